The molecule has 0 bridgehead atoms. The third kappa shape index (κ3) is 3.28. The topological polar surface area (TPSA) is 203 Å². The second-order valence-electron chi connectivity index (χ2n) is 5.18. The van der Waals surface area contributed by atoms with Gasteiger partial charge in [-0.25, -0.2) is 9.59 Å². The first-order chi connectivity index (χ1) is 11.1. The van der Waals surface area contributed by atoms with Gasteiger partial charge in [-0.2, -0.15) is 0 Å². The molecule has 0 amide bonds. The van der Waals surface area contributed by atoms with Gasteiger partial charge in [-0.05, 0) is 0 Å². The summed E-state index contributed by atoms with van der Waals surface area (Å²) in [6.45, 7) is -0.838. The minimum Gasteiger partial charge on any atom is -0.505 e. The molecule has 0 radical (unpaired) electrons. The molecular formula is C12H16O12. The van der Waals surface area contributed by atoms with E-state index in [1.807, 2.05) is 0 Å². The molecule has 24 heavy (non-hydrogen) atoms. The molecule has 0 saturated carbocycles. The lowest BCUT2D eigenvalue weighted by Gasteiger charge is -2.37. The fourth-order valence-electron chi connectivity index (χ4n) is 2.12. The summed E-state index contributed by atoms with van der Waals surface area (Å²) in [5.41, 5.74) is 0. The highest BCUT2D eigenvalue weighted by atomic mass is 16.7. The van der Waals surface area contributed by atoms with Crippen molar-refractivity contribution in [3.8, 4) is 0 Å². The molecule has 0 aromatic rings. The number of carbonyl (C=O) groups is 2. The van der Waals surface area contributed by atoms with Crippen LogP contribution in [-0.4, -0.2) is 97.2 Å². The van der Waals surface area contributed by atoms with Crippen molar-refractivity contribution in [1.82, 2.24) is 0 Å². The maximum absolute atomic E-state index is 11.8. The Kier molecular flexibility index (Phi) is 5.27. The van der Waals surface area contributed by atoms with Crippen molar-refractivity contribution >= 4 is 11.9 Å². The highest BCUT2D eigenvalue weighted by molar-refractivity contribution is 5.89. The summed E-state index contributed by atoms with van der Waals surface area (Å²) in [5, 5.41) is 65.8. The Labute approximate surface area is 133 Å². The summed E-state index contributed by atoms with van der Waals surface area (Å²) >= 11 is 0. The Morgan fingerprint density at radius 1 is 1.12 bits per heavy atom. The van der Waals surface area contributed by atoms with Gasteiger partial charge in [0.2, 0.25) is 5.76 Å². The SMILES string of the molecule is O=C1O[C@H]([C@@H](O)COC(=O)[C@H]2O[C@@H](O)[C@H](O)[C@@H](O)[C@@H]2O)C(O)=C1O. The summed E-state index contributed by atoms with van der Waals surface area (Å²) in [4.78, 5) is 22.8. The number of rotatable bonds is 4. The largest absolute Gasteiger partial charge is 0.505 e. The maximum Gasteiger partial charge on any atom is 0.377 e. The van der Waals surface area contributed by atoms with Gasteiger partial charge >= 0.3 is 11.9 Å². The Morgan fingerprint density at radius 3 is 2.29 bits per heavy atom. The van der Waals surface area contributed by atoms with Crippen molar-refractivity contribution < 1.29 is 59.5 Å². The summed E-state index contributed by atoms with van der Waals surface area (Å²) in [6, 6.07) is 0. The first-order valence-corrected chi connectivity index (χ1v) is 6.70. The smallest absolute Gasteiger partial charge is 0.377 e. The quantitative estimate of drug-likeness (QED) is 0.241. The lowest BCUT2D eigenvalue weighted by atomic mass is 9.99. The molecule has 2 aliphatic heterocycles. The van der Waals surface area contributed by atoms with Crippen molar-refractivity contribution in [2.75, 3.05) is 6.61 Å². The van der Waals surface area contributed by atoms with Gasteiger partial charge in [-0.1, -0.05) is 0 Å². The standard InChI is InChI=1S/C12H16O12/c13-2(8-5(16)7(18)11(20)23-8)1-22-12(21)9-4(15)3(14)6(17)10(19)24-9/h2-4,6,8-10,13-19H,1H2/t2-,3-,4-,6+,8+,9-,10+/m0/s1. The van der Waals surface area contributed by atoms with Gasteiger partial charge in [0.05, 0.1) is 0 Å². The third-order valence-electron chi connectivity index (χ3n) is 3.51. The molecule has 2 heterocycles. The second-order valence-corrected chi connectivity index (χ2v) is 5.18. The number of hydrogen-bond donors (Lipinski definition) is 7. The highest BCUT2D eigenvalue weighted by Crippen LogP contribution is 2.23. The number of aliphatic hydroxyl groups excluding tert-OH is 7. The highest BCUT2D eigenvalue weighted by Gasteiger charge is 2.47. The average Bonchev–Trinajstić information content (AvgIpc) is 2.81. The van der Waals surface area contributed by atoms with Gasteiger partial charge in [-0.15, -0.1) is 0 Å². The molecule has 0 aromatic carbocycles. The Hall–Kier alpha value is -1.96. The predicted octanol–water partition coefficient (Wildman–Crippen LogP) is -4.06. The molecule has 0 spiro atoms. The zero-order valence-corrected chi connectivity index (χ0v) is 11.9. The molecule has 1 saturated heterocycles. The number of esters is 2. The van der Waals surface area contributed by atoms with E-state index in [1.54, 1.807) is 0 Å². The molecule has 0 aromatic heterocycles. The number of aliphatic hydroxyl groups is 7. The molecule has 2 rings (SSSR count). The molecule has 136 valence electrons. The fraction of sp³-hybridized carbons (Fsp3) is 0.667. The summed E-state index contributed by atoms with van der Waals surface area (Å²) in [7, 11) is 0. The van der Waals surface area contributed by atoms with E-state index in [1.165, 1.54) is 0 Å². The lowest BCUT2D eigenvalue weighted by molar-refractivity contribution is -0.281. The molecular weight excluding hydrogens is 336 g/mol. The van der Waals surface area contributed by atoms with E-state index in [2.05, 4.69) is 14.2 Å². The number of cyclic esters (lactones) is 1. The van der Waals surface area contributed by atoms with E-state index in [4.69, 9.17) is 5.11 Å². The van der Waals surface area contributed by atoms with Crippen LogP contribution in [0.1, 0.15) is 0 Å². The molecule has 7 N–H and O–H groups in total. The molecule has 12 nitrogen and oxygen atoms in total. The molecule has 2 aliphatic rings. The van der Waals surface area contributed by atoms with Gasteiger partial charge in [0, 0.05) is 0 Å². The molecule has 0 unspecified atom stereocenters. The zero-order chi connectivity index (χ0) is 18.2. The minimum atomic E-state index is -1.95. The van der Waals surface area contributed by atoms with Crippen LogP contribution in [0.4, 0.5) is 0 Å². The van der Waals surface area contributed by atoms with E-state index in [0.29, 0.717) is 0 Å². The van der Waals surface area contributed by atoms with E-state index < -0.39 is 73.0 Å². The van der Waals surface area contributed by atoms with Gasteiger partial charge in [0.1, 0.15) is 31.0 Å². The summed E-state index contributed by atoms with van der Waals surface area (Å²) in [6.07, 6.45) is -12.8. The van der Waals surface area contributed by atoms with Crippen LogP contribution in [0.3, 0.4) is 0 Å². The lowest BCUT2D eigenvalue weighted by Crippen LogP contribution is -2.60. The Balaban J connectivity index is 1.92. The first kappa shape index (κ1) is 18.4. The van der Waals surface area contributed by atoms with Crippen molar-refractivity contribution in [2.24, 2.45) is 0 Å². The van der Waals surface area contributed by atoms with Crippen LogP contribution in [0.25, 0.3) is 0 Å². The van der Waals surface area contributed by atoms with Crippen LogP contribution in [0, 0.1) is 0 Å². The molecule has 1 fully saturated rings. The molecule has 0 aliphatic carbocycles. The number of carbonyl (C=O) groups excluding carboxylic acids is 2. The van der Waals surface area contributed by atoms with Crippen LogP contribution in [-0.2, 0) is 23.8 Å². The van der Waals surface area contributed by atoms with Crippen LogP contribution >= 0.6 is 0 Å². The zero-order valence-electron chi connectivity index (χ0n) is 11.9. The van der Waals surface area contributed by atoms with Gasteiger partial charge in [-0.3, -0.25) is 0 Å². The van der Waals surface area contributed by atoms with Gasteiger partial charge < -0.3 is 50.0 Å². The fourth-order valence-corrected chi connectivity index (χ4v) is 2.12. The molecule has 12 heteroatoms. The van der Waals surface area contributed by atoms with E-state index >= 15 is 0 Å². The van der Waals surface area contributed by atoms with Crippen LogP contribution in [0.2, 0.25) is 0 Å². The van der Waals surface area contributed by atoms with Crippen molar-refractivity contribution in [3.63, 3.8) is 0 Å². The molecule has 7 atom stereocenters. The summed E-state index contributed by atoms with van der Waals surface area (Å²) < 4.78 is 13.7. The monoisotopic (exact) mass is 352 g/mol. The van der Waals surface area contributed by atoms with E-state index in [-0.39, 0.29) is 0 Å². The minimum absolute atomic E-state index is 0.838. The maximum atomic E-state index is 11.8. The van der Waals surface area contributed by atoms with Crippen molar-refractivity contribution in [2.45, 2.75) is 42.9 Å². The first-order valence-electron chi connectivity index (χ1n) is 6.70. The van der Waals surface area contributed by atoms with E-state index in [0.717, 1.165) is 0 Å². The summed E-state index contributed by atoms with van der Waals surface area (Å²) in [5.74, 6) is -4.60. The number of hydrogen-bond acceptors (Lipinski definition) is 12. The Bertz CT molecular complexity index is 544. The van der Waals surface area contributed by atoms with Crippen LogP contribution in [0.5, 0.6) is 0 Å². The Morgan fingerprint density at radius 2 is 1.75 bits per heavy atom. The normalized spacial score (nSPS) is 38.0. The third-order valence-corrected chi connectivity index (χ3v) is 3.51. The number of ether oxygens (including phenoxy) is 3. The average molecular weight is 352 g/mol. The van der Waals surface area contributed by atoms with Crippen LogP contribution < -0.4 is 0 Å². The van der Waals surface area contributed by atoms with Gasteiger partial charge in [0.15, 0.2) is 24.3 Å². The van der Waals surface area contributed by atoms with Crippen molar-refractivity contribution in [3.05, 3.63) is 11.5 Å². The van der Waals surface area contributed by atoms with Crippen molar-refractivity contribution in [1.29, 1.82) is 0 Å². The van der Waals surface area contributed by atoms with E-state index in [9.17, 15) is 40.2 Å². The van der Waals surface area contributed by atoms with Gasteiger partial charge in [0.25, 0.3) is 0 Å². The second kappa shape index (κ2) is 6.88. The predicted molar refractivity (Wildman–Crippen MR) is 68.0 cm³/mol. The van der Waals surface area contributed by atoms with Crippen LogP contribution in [0.15, 0.2) is 11.5 Å².